The summed E-state index contributed by atoms with van der Waals surface area (Å²) >= 11 is 1.55. The summed E-state index contributed by atoms with van der Waals surface area (Å²) in [6, 6.07) is 11.7. The molecular weight excluding hydrogens is 614 g/mol. The van der Waals surface area contributed by atoms with Crippen molar-refractivity contribution >= 4 is 35.6 Å². The second kappa shape index (κ2) is 17.6. The molecule has 0 bridgehead atoms. The molecule has 4 unspecified atom stereocenters. The van der Waals surface area contributed by atoms with Crippen molar-refractivity contribution in [3.05, 3.63) is 70.8 Å². The zero-order valence-electron chi connectivity index (χ0n) is 30.1. The Hall–Kier alpha value is -3.53. The number of hydrogen-bond donors (Lipinski definition) is 2. The monoisotopic (exact) mass is 669 g/mol. The maximum atomic E-state index is 14.6. The summed E-state index contributed by atoms with van der Waals surface area (Å²) in [5.74, 6) is -0.895. The van der Waals surface area contributed by atoms with Crippen molar-refractivity contribution in [2.75, 3.05) is 12.0 Å². The summed E-state index contributed by atoms with van der Waals surface area (Å²) in [6.07, 6.45) is 2.30. The van der Waals surface area contributed by atoms with Gasteiger partial charge in [0.05, 0.1) is 0 Å². The van der Waals surface area contributed by atoms with Gasteiger partial charge < -0.3 is 25.0 Å². The molecule has 2 N–H and O–H groups in total. The Bertz CT molecular complexity index is 1350. The number of esters is 1. The second-order valence-electron chi connectivity index (χ2n) is 14.0. The van der Waals surface area contributed by atoms with Gasteiger partial charge in [0.15, 0.2) is 0 Å². The van der Waals surface area contributed by atoms with E-state index in [1.54, 1.807) is 58.2 Å². The number of carbonyl (C=O) groups is 4. The van der Waals surface area contributed by atoms with E-state index in [1.165, 1.54) is 0 Å². The Labute approximate surface area is 285 Å². The van der Waals surface area contributed by atoms with Gasteiger partial charge in [-0.05, 0) is 104 Å². The Morgan fingerprint density at radius 3 is 2.02 bits per heavy atom. The van der Waals surface area contributed by atoms with E-state index in [1.807, 2.05) is 82.5 Å². The number of thioether (sulfide) groups is 1. The predicted molar refractivity (Wildman–Crippen MR) is 189 cm³/mol. The fourth-order valence-corrected chi connectivity index (χ4v) is 5.61. The standard InChI is InChI=1S/C37H55N3O6S/c1-12-26(4)40(33(42)29(20-21-47-11)39-35(44)46-37(8,9)10)31(28-19-18-24(2)22-25(28)3)32(41)38-30(34(43)45-36(5,6)7)23-27-16-14-13-15-17-27/h13-19,22,26,29-31H,12,20-21,23H2,1-11H3,(H,38,41)(H,39,44). The van der Waals surface area contributed by atoms with Crippen LogP contribution in [0.25, 0.3) is 0 Å². The number of ether oxygens (including phenoxy) is 2. The third kappa shape index (κ3) is 12.9. The van der Waals surface area contributed by atoms with Gasteiger partial charge in [0, 0.05) is 12.5 Å². The van der Waals surface area contributed by atoms with Gasteiger partial charge in [0.25, 0.3) is 0 Å². The maximum Gasteiger partial charge on any atom is 0.408 e. The minimum absolute atomic E-state index is 0.203. The normalized spacial score (nSPS) is 14.3. The molecule has 0 spiro atoms. The van der Waals surface area contributed by atoms with Gasteiger partial charge in [0.2, 0.25) is 11.8 Å². The van der Waals surface area contributed by atoms with Crippen molar-refractivity contribution in [3.8, 4) is 0 Å². The molecule has 0 heterocycles. The van der Waals surface area contributed by atoms with Crippen molar-refractivity contribution in [1.82, 2.24) is 15.5 Å². The number of alkyl carbamates (subject to hydrolysis) is 1. The quantitative estimate of drug-likeness (QED) is 0.216. The van der Waals surface area contributed by atoms with Crippen LogP contribution in [-0.4, -0.2) is 70.1 Å². The number of nitrogens with one attached hydrogen (secondary N) is 2. The molecule has 2 rings (SSSR count). The molecule has 0 fully saturated rings. The molecule has 0 saturated heterocycles. The molecule has 2 aromatic rings. The Balaban J connectivity index is 2.67. The highest BCUT2D eigenvalue weighted by atomic mass is 32.2. The number of rotatable bonds is 14. The van der Waals surface area contributed by atoms with Crippen LogP contribution in [0.15, 0.2) is 48.5 Å². The molecular formula is C37H55N3O6S. The van der Waals surface area contributed by atoms with Crippen molar-refractivity contribution in [1.29, 1.82) is 0 Å². The molecule has 260 valence electrons. The van der Waals surface area contributed by atoms with E-state index in [-0.39, 0.29) is 6.42 Å². The Morgan fingerprint density at radius 2 is 1.49 bits per heavy atom. The van der Waals surface area contributed by atoms with E-state index in [0.717, 1.165) is 16.7 Å². The lowest BCUT2D eigenvalue weighted by Crippen LogP contribution is -2.57. The molecule has 9 nitrogen and oxygen atoms in total. The first-order valence-electron chi connectivity index (χ1n) is 16.3. The zero-order chi connectivity index (χ0) is 35.5. The van der Waals surface area contributed by atoms with E-state index >= 15 is 0 Å². The Morgan fingerprint density at radius 1 is 0.872 bits per heavy atom. The van der Waals surface area contributed by atoms with Crippen LogP contribution in [0.1, 0.15) is 96.5 Å². The van der Waals surface area contributed by atoms with Crippen LogP contribution >= 0.6 is 11.8 Å². The van der Waals surface area contributed by atoms with Crippen LogP contribution in [0, 0.1) is 13.8 Å². The summed E-state index contributed by atoms with van der Waals surface area (Å²) in [7, 11) is 0. The largest absolute Gasteiger partial charge is 0.458 e. The molecule has 47 heavy (non-hydrogen) atoms. The third-order valence-electron chi connectivity index (χ3n) is 7.46. The first-order chi connectivity index (χ1) is 21.9. The van der Waals surface area contributed by atoms with Gasteiger partial charge in [-0.2, -0.15) is 11.8 Å². The van der Waals surface area contributed by atoms with Crippen molar-refractivity contribution < 1.29 is 28.7 Å². The van der Waals surface area contributed by atoms with E-state index in [2.05, 4.69) is 10.6 Å². The second-order valence-corrected chi connectivity index (χ2v) is 15.0. The van der Waals surface area contributed by atoms with Crippen LogP contribution in [-0.2, 0) is 30.3 Å². The third-order valence-corrected chi connectivity index (χ3v) is 8.10. The van der Waals surface area contributed by atoms with Gasteiger partial charge in [-0.15, -0.1) is 0 Å². The molecule has 0 aliphatic heterocycles. The Kier molecular flexibility index (Phi) is 14.8. The predicted octanol–water partition coefficient (Wildman–Crippen LogP) is 6.69. The van der Waals surface area contributed by atoms with E-state index in [4.69, 9.17) is 9.47 Å². The lowest BCUT2D eigenvalue weighted by molar-refractivity contribution is -0.159. The van der Waals surface area contributed by atoms with E-state index in [0.29, 0.717) is 24.2 Å². The van der Waals surface area contributed by atoms with E-state index < -0.39 is 59.2 Å². The minimum Gasteiger partial charge on any atom is -0.458 e. The molecule has 3 amide bonds. The summed E-state index contributed by atoms with van der Waals surface area (Å²) in [6.45, 7) is 18.3. The van der Waals surface area contributed by atoms with E-state index in [9.17, 15) is 19.2 Å². The highest BCUT2D eigenvalue weighted by Crippen LogP contribution is 2.30. The fraction of sp³-hybridized carbons (Fsp3) is 0.568. The summed E-state index contributed by atoms with van der Waals surface area (Å²) in [5, 5.41) is 5.76. The van der Waals surface area contributed by atoms with Crippen LogP contribution in [0.4, 0.5) is 4.79 Å². The molecule has 0 radical (unpaired) electrons. The molecule has 0 aliphatic rings. The van der Waals surface area contributed by atoms with Crippen LogP contribution in [0.3, 0.4) is 0 Å². The highest BCUT2D eigenvalue weighted by molar-refractivity contribution is 7.98. The van der Waals surface area contributed by atoms with Crippen LogP contribution < -0.4 is 10.6 Å². The van der Waals surface area contributed by atoms with Gasteiger partial charge in [-0.25, -0.2) is 9.59 Å². The topological polar surface area (TPSA) is 114 Å². The minimum atomic E-state index is -1.10. The number of aryl methyl sites for hydroxylation is 2. The average molecular weight is 670 g/mol. The smallest absolute Gasteiger partial charge is 0.408 e. The SMILES string of the molecule is CCC(C)N(C(=O)C(CCSC)NC(=O)OC(C)(C)C)C(C(=O)NC(Cc1ccccc1)C(=O)OC(C)(C)C)c1ccc(C)cc1C. The molecule has 4 atom stereocenters. The molecule has 0 saturated carbocycles. The molecule has 10 heteroatoms. The first-order valence-corrected chi connectivity index (χ1v) is 17.7. The van der Waals surface area contributed by atoms with Gasteiger partial charge in [0.1, 0.15) is 29.3 Å². The molecule has 2 aromatic carbocycles. The number of benzene rings is 2. The zero-order valence-corrected chi connectivity index (χ0v) is 30.9. The van der Waals surface area contributed by atoms with Gasteiger partial charge in [-0.1, -0.05) is 61.0 Å². The first kappa shape index (κ1) is 39.6. The lowest BCUT2D eigenvalue weighted by atomic mass is 9.94. The molecule has 0 aliphatic carbocycles. The van der Waals surface area contributed by atoms with Crippen LogP contribution in [0.5, 0.6) is 0 Å². The average Bonchev–Trinajstić information content (AvgIpc) is 2.96. The van der Waals surface area contributed by atoms with Crippen molar-refractivity contribution in [2.45, 2.75) is 124 Å². The van der Waals surface area contributed by atoms with Crippen molar-refractivity contribution in [2.24, 2.45) is 0 Å². The number of carbonyl (C=O) groups excluding carboxylic acids is 4. The lowest BCUT2D eigenvalue weighted by Gasteiger charge is -2.39. The highest BCUT2D eigenvalue weighted by Gasteiger charge is 2.40. The number of nitrogens with zero attached hydrogens (tertiary/aromatic N) is 1. The summed E-state index contributed by atoms with van der Waals surface area (Å²) in [4.78, 5) is 57.3. The van der Waals surface area contributed by atoms with Crippen LogP contribution in [0.2, 0.25) is 0 Å². The fourth-order valence-electron chi connectivity index (χ4n) is 5.13. The summed E-state index contributed by atoms with van der Waals surface area (Å²) < 4.78 is 11.2. The number of amides is 3. The van der Waals surface area contributed by atoms with Gasteiger partial charge in [-0.3, -0.25) is 9.59 Å². The number of hydrogen-bond acceptors (Lipinski definition) is 7. The maximum absolute atomic E-state index is 14.6. The molecule has 0 aromatic heterocycles. The summed E-state index contributed by atoms with van der Waals surface area (Å²) in [5.41, 5.74) is 1.77. The van der Waals surface area contributed by atoms with Crippen molar-refractivity contribution in [3.63, 3.8) is 0 Å². The van der Waals surface area contributed by atoms with Gasteiger partial charge >= 0.3 is 12.1 Å².